The van der Waals surface area contributed by atoms with E-state index < -0.39 is 10.8 Å². The van der Waals surface area contributed by atoms with Gasteiger partial charge in [-0.05, 0) is 173 Å². The molecule has 10 rings (SSSR count). The topological polar surface area (TPSA) is 93.6 Å². The average Bonchev–Trinajstić information content (AvgIpc) is 4.26. The molecule has 414 valence electrons. The van der Waals surface area contributed by atoms with Gasteiger partial charge in [0.2, 0.25) is 0 Å². The maximum Gasteiger partial charge on any atom is 0.153 e. The molecule has 1 spiro atoms. The van der Waals surface area contributed by atoms with Crippen molar-refractivity contribution in [3.05, 3.63) is 136 Å². The Morgan fingerprint density at radius 2 is 1.53 bits per heavy atom. The summed E-state index contributed by atoms with van der Waals surface area (Å²) in [5.41, 5.74) is 4.18. The van der Waals surface area contributed by atoms with Crippen molar-refractivity contribution in [3.63, 3.8) is 0 Å². The zero-order valence-corrected chi connectivity index (χ0v) is 49.1. The number of carbonyl (C=O) groups is 1. The van der Waals surface area contributed by atoms with Crippen molar-refractivity contribution in [1.82, 2.24) is 44.7 Å². The average molecular weight is 1090 g/mol. The van der Waals surface area contributed by atoms with Crippen LogP contribution in [0, 0.1) is 16.7 Å². The number of carbonyl (C=O) groups excluding carboxylic acids is 1. The quantitative estimate of drug-likeness (QED) is 0.0880. The van der Waals surface area contributed by atoms with E-state index in [0.717, 1.165) is 97.2 Å². The van der Waals surface area contributed by atoms with Crippen LogP contribution >= 0.6 is 23.2 Å². The summed E-state index contributed by atoms with van der Waals surface area (Å²) in [6, 6.07) is 33.6. The predicted molar refractivity (Wildman–Crippen MR) is 312 cm³/mol. The van der Waals surface area contributed by atoms with Crippen LogP contribution in [0.5, 0.6) is 11.5 Å². The van der Waals surface area contributed by atoms with Gasteiger partial charge in [0.1, 0.15) is 17.3 Å². The number of halogens is 2. The Morgan fingerprint density at radius 3 is 2.22 bits per heavy atom. The second-order valence-electron chi connectivity index (χ2n) is 24.2. The van der Waals surface area contributed by atoms with Gasteiger partial charge in [-0.15, -0.1) is 0 Å². The predicted octanol–water partition coefficient (Wildman–Crippen LogP) is 9.71. The summed E-state index contributed by atoms with van der Waals surface area (Å²) in [5.74, 6) is 3.12. The van der Waals surface area contributed by atoms with Crippen molar-refractivity contribution in [1.29, 1.82) is 0 Å². The molecule has 1 aliphatic carbocycles. The summed E-state index contributed by atoms with van der Waals surface area (Å²) in [7, 11) is 17.0. The number of hydrogen-bond donors (Lipinski definition) is 2. The second-order valence-corrected chi connectivity index (χ2v) is 25.0. The third kappa shape index (κ3) is 10.4. The number of methoxy groups -OCH3 is 1. The highest BCUT2D eigenvalue weighted by Crippen LogP contribution is 2.63. The van der Waals surface area contributed by atoms with Crippen LogP contribution in [-0.4, -0.2) is 163 Å². The summed E-state index contributed by atoms with van der Waals surface area (Å²) < 4.78 is 15.5. The number of benzene rings is 4. The van der Waals surface area contributed by atoms with Gasteiger partial charge >= 0.3 is 0 Å². The second kappa shape index (κ2) is 23.1. The maximum absolute atomic E-state index is 17.9. The number of rotatable bonds is 18. The molecule has 5 aliphatic rings. The van der Waals surface area contributed by atoms with Crippen LogP contribution in [0.4, 0.5) is 0 Å². The zero-order valence-electron chi connectivity index (χ0n) is 47.6. The van der Waals surface area contributed by atoms with Gasteiger partial charge < -0.3 is 34.5 Å². The first-order valence-electron chi connectivity index (χ1n) is 28.4. The van der Waals surface area contributed by atoms with E-state index in [1.54, 1.807) is 0 Å². The lowest BCUT2D eigenvalue weighted by molar-refractivity contribution is -0.154. The van der Waals surface area contributed by atoms with Gasteiger partial charge in [-0.25, -0.2) is 4.98 Å². The van der Waals surface area contributed by atoms with E-state index >= 15 is 4.79 Å². The van der Waals surface area contributed by atoms with Crippen molar-refractivity contribution >= 4 is 29.0 Å². The van der Waals surface area contributed by atoms with E-state index in [4.69, 9.17) is 37.7 Å². The fraction of sp³-hybridized carbons (Fsp3) is 0.556. The standard InChI is InChI=1S/C63H85Cl2N9O3/c1-12-62-56-33-46(31-42-17-14-13-15-18-42)59(62)71(8)41(3)40(2)67-55-35-49(32-43-20-25-47(64)26-21-43)72(9)60-51(39-76-11)68-58(63(55,60)61(62)75)52(19-16-30-69(4)5)74(56)37-45-22-27-48(65)34-54(45)77-50-28-23-44(24-29-50)53-36-66-57(73(53)10)38-70(6)7/h13-15,17-18,20-29,34,36,40-41,46,49,51-52,55-56,58-60,67-68H,12,16,19,30-33,35,37-39H2,1-11H3/t40-,41-,46+,49-,51+,52-,55?,56?,58?,59?,60?,62?,63?/m0/s1. The lowest BCUT2D eigenvalue weighted by Crippen LogP contribution is -2.74. The van der Waals surface area contributed by atoms with Gasteiger partial charge in [-0.2, -0.15) is 0 Å². The minimum atomic E-state index is -0.818. The van der Waals surface area contributed by atoms with Gasteiger partial charge in [-0.1, -0.05) is 78.7 Å². The Labute approximate surface area is 469 Å². The number of aromatic nitrogens is 2. The number of ketones is 1. The molecule has 5 heterocycles. The molecule has 7 unspecified atom stereocenters. The van der Waals surface area contributed by atoms with Gasteiger partial charge in [-0.3, -0.25) is 19.5 Å². The number of piperidine rings is 1. The Hall–Kier alpha value is -4.18. The summed E-state index contributed by atoms with van der Waals surface area (Å²) in [6.45, 7) is 9.90. The van der Waals surface area contributed by atoms with Gasteiger partial charge in [0.25, 0.3) is 0 Å². The number of ether oxygens (including phenoxy) is 2. The molecule has 4 aromatic carbocycles. The fourth-order valence-corrected chi connectivity index (χ4v) is 16.0. The van der Waals surface area contributed by atoms with E-state index in [0.29, 0.717) is 24.0 Å². The van der Waals surface area contributed by atoms with Crippen molar-refractivity contribution in [2.75, 3.05) is 62.5 Å². The first-order chi connectivity index (χ1) is 37.0. The molecule has 0 amide bonds. The van der Waals surface area contributed by atoms with Crippen LogP contribution in [0.2, 0.25) is 10.0 Å². The molecule has 5 aromatic rings. The molecule has 4 aliphatic heterocycles. The first kappa shape index (κ1) is 56.1. The molecule has 14 heteroatoms. The largest absolute Gasteiger partial charge is 0.457 e. The lowest BCUT2D eigenvalue weighted by Gasteiger charge is -2.57. The first-order valence-corrected chi connectivity index (χ1v) is 29.2. The van der Waals surface area contributed by atoms with Gasteiger partial charge in [0, 0.05) is 102 Å². The van der Waals surface area contributed by atoms with Crippen LogP contribution in [0.15, 0.2) is 103 Å². The number of nitrogens with one attached hydrogen (secondary N) is 2. The van der Waals surface area contributed by atoms with Gasteiger partial charge in [0.15, 0.2) is 5.78 Å². The van der Waals surface area contributed by atoms with Gasteiger partial charge in [0.05, 0.1) is 35.9 Å². The molecule has 1 saturated carbocycles. The van der Waals surface area contributed by atoms with Crippen LogP contribution in [0.1, 0.15) is 75.4 Å². The van der Waals surface area contributed by atoms with Crippen molar-refractivity contribution in [2.45, 2.75) is 139 Å². The molecular formula is C63H85Cl2N9O3. The van der Waals surface area contributed by atoms with Crippen LogP contribution < -0.4 is 15.4 Å². The highest BCUT2D eigenvalue weighted by atomic mass is 35.5. The van der Waals surface area contributed by atoms with Crippen LogP contribution in [-0.2, 0) is 42.5 Å². The molecule has 77 heavy (non-hydrogen) atoms. The summed E-state index contributed by atoms with van der Waals surface area (Å²) in [6.07, 6.45) is 8.03. The Morgan fingerprint density at radius 1 is 0.818 bits per heavy atom. The summed E-state index contributed by atoms with van der Waals surface area (Å²) in [5, 5.41) is 10.1. The minimum Gasteiger partial charge on any atom is -0.457 e. The highest BCUT2D eigenvalue weighted by Gasteiger charge is 2.77. The Kier molecular flexibility index (Phi) is 16.8. The summed E-state index contributed by atoms with van der Waals surface area (Å²) in [4.78, 5) is 35.3. The molecular weight excluding hydrogens is 1000 g/mol. The third-order valence-corrected chi connectivity index (χ3v) is 19.8. The molecule has 2 bridgehead atoms. The van der Waals surface area contributed by atoms with Crippen molar-refractivity contribution in [2.24, 2.45) is 23.8 Å². The number of likely N-dealkylation sites (tertiary alicyclic amines) is 2. The number of likely N-dealkylation sites (N-methyl/N-ethyl adjacent to an activating group) is 2. The molecule has 12 nitrogen and oxygen atoms in total. The van der Waals surface area contributed by atoms with E-state index in [1.165, 1.54) is 11.1 Å². The maximum atomic E-state index is 17.9. The van der Waals surface area contributed by atoms with E-state index in [9.17, 15) is 0 Å². The zero-order chi connectivity index (χ0) is 54.5. The normalized spacial score (nSPS) is 31.6. The highest BCUT2D eigenvalue weighted by molar-refractivity contribution is 6.31. The summed E-state index contributed by atoms with van der Waals surface area (Å²) >= 11 is 13.5. The number of imidazole rings is 1. The molecule has 13 atom stereocenters. The van der Waals surface area contributed by atoms with Crippen molar-refractivity contribution in [3.8, 4) is 22.8 Å². The Balaban J connectivity index is 1.14. The van der Waals surface area contributed by atoms with Crippen LogP contribution in [0.25, 0.3) is 11.3 Å². The van der Waals surface area contributed by atoms with Crippen molar-refractivity contribution < 1.29 is 14.3 Å². The smallest absolute Gasteiger partial charge is 0.153 e. The number of hydrogen-bond acceptors (Lipinski definition) is 11. The molecule has 4 saturated heterocycles. The van der Waals surface area contributed by atoms with E-state index in [2.05, 4.69) is 183 Å². The number of nitrogens with zero attached hydrogens (tertiary/aromatic N) is 7. The Bertz CT molecular complexity index is 2810. The van der Waals surface area contributed by atoms with Crippen LogP contribution in [0.3, 0.4) is 0 Å². The van der Waals surface area contributed by atoms with E-state index in [1.807, 2.05) is 37.6 Å². The molecule has 2 N–H and O–H groups in total. The fourth-order valence-electron chi connectivity index (χ4n) is 15.7. The SMILES string of the molecule is CCC12C(=O)C34C5C[C@H](Cc6ccc(Cl)cc6)N(C)C3[C@@H](COC)NC4[C@H](CCCN(C)C)N(Cc3ccc(Cl)cc3Oc3ccc(-c4cnc(CN(C)C)n4C)cc3)C1C[C@@H](Cc1ccccc1)C2N(C)[C@@H](C)[C@H](C)N5. The van der Waals surface area contributed by atoms with E-state index in [-0.39, 0.29) is 66.3 Å². The monoisotopic (exact) mass is 1090 g/mol. The number of Topliss-reactive ketones (excluding diaryl/α,β-unsaturated/α-hetero) is 1. The molecule has 0 radical (unpaired) electrons. The third-order valence-electron chi connectivity index (χ3n) is 19.3. The molecule has 1 aromatic heterocycles. The lowest BCUT2D eigenvalue weighted by atomic mass is 9.54. The molecule has 5 fully saturated rings. The minimum absolute atomic E-state index is 0.0279.